The quantitative estimate of drug-likeness (QED) is 0.830. The van der Waals surface area contributed by atoms with Crippen LogP contribution in [0.4, 0.5) is 4.39 Å². The lowest BCUT2D eigenvalue weighted by atomic mass is 10.3. The zero-order chi connectivity index (χ0) is 11.4. The molecule has 1 atom stereocenters. The van der Waals surface area contributed by atoms with Gasteiger partial charge in [0.05, 0.1) is 6.26 Å². The Kier molecular flexibility index (Phi) is 3.64. The van der Waals surface area contributed by atoms with Gasteiger partial charge in [0.2, 0.25) is 0 Å². The van der Waals surface area contributed by atoms with Crippen molar-refractivity contribution in [3.05, 3.63) is 54.2 Å². The minimum Gasteiger partial charge on any atom is -0.467 e. The van der Waals surface area contributed by atoms with Crippen LogP contribution in [0.3, 0.4) is 0 Å². The third kappa shape index (κ3) is 2.87. The van der Waals surface area contributed by atoms with Gasteiger partial charge in [-0.05, 0) is 36.4 Å². The number of thioether (sulfide) groups is 1. The first-order valence-electron chi connectivity index (χ1n) is 4.85. The lowest BCUT2D eigenvalue weighted by Gasteiger charge is -2.06. The van der Waals surface area contributed by atoms with Crippen molar-refractivity contribution in [1.82, 2.24) is 0 Å². The summed E-state index contributed by atoms with van der Waals surface area (Å²) in [4.78, 5) is 0.923. The largest absolute Gasteiger partial charge is 0.467 e. The second-order valence-electron chi connectivity index (χ2n) is 3.30. The SMILES string of the molecule is OC(CSc1ccc(F)cc1)c1ccco1. The van der Waals surface area contributed by atoms with Crippen molar-refractivity contribution < 1.29 is 13.9 Å². The number of aliphatic hydroxyl groups excluding tert-OH is 1. The van der Waals surface area contributed by atoms with Crippen molar-refractivity contribution in [2.45, 2.75) is 11.0 Å². The molecule has 84 valence electrons. The number of rotatable bonds is 4. The van der Waals surface area contributed by atoms with Crippen LogP contribution >= 0.6 is 11.8 Å². The molecule has 1 heterocycles. The molecule has 2 aromatic rings. The van der Waals surface area contributed by atoms with Crippen LogP contribution in [-0.2, 0) is 0 Å². The maximum atomic E-state index is 12.6. The van der Waals surface area contributed by atoms with Crippen LogP contribution in [-0.4, -0.2) is 10.9 Å². The van der Waals surface area contributed by atoms with E-state index in [1.54, 1.807) is 24.3 Å². The Morgan fingerprint density at radius 2 is 2.00 bits per heavy atom. The highest BCUT2D eigenvalue weighted by Crippen LogP contribution is 2.24. The molecule has 0 bridgehead atoms. The molecule has 16 heavy (non-hydrogen) atoms. The van der Waals surface area contributed by atoms with E-state index in [1.807, 2.05) is 0 Å². The van der Waals surface area contributed by atoms with E-state index >= 15 is 0 Å². The molecule has 0 fully saturated rings. The Hall–Kier alpha value is -1.26. The second kappa shape index (κ2) is 5.18. The number of hydrogen-bond acceptors (Lipinski definition) is 3. The highest BCUT2D eigenvalue weighted by Gasteiger charge is 2.10. The zero-order valence-electron chi connectivity index (χ0n) is 8.47. The lowest BCUT2D eigenvalue weighted by Crippen LogP contribution is -1.98. The minimum atomic E-state index is -0.634. The van der Waals surface area contributed by atoms with Crippen LogP contribution in [0.5, 0.6) is 0 Å². The Labute approximate surface area is 97.1 Å². The van der Waals surface area contributed by atoms with E-state index in [2.05, 4.69) is 0 Å². The molecule has 1 N–H and O–H groups in total. The summed E-state index contributed by atoms with van der Waals surface area (Å²) in [5, 5.41) is 9.74. The minimum absolute atomic E-state index is 0.254. The van der Waals surface area contributed by atoms with Crippen molar-refractivity contribution in [2.24, 2.45) is 0 Å². The molecule has 0 aliphatic carbocycles. The van der Waals surface area contributed by atoms with Crippen LogP contribution < -0.4 is 0 Å². The van der Waals surface area contributed by atoms with Gasteiger partial charge in [-0.25, -0.2) is 4.39 Å². The molecule has 0 aliphatic rings. The van der Waals surface area contributed by atoms with Crippen LogP contribution in [0.1, 0.15) is 11.9 Å². The Balaban J connectivity index is 1.90. The van der Waals surface area contributed by atoms with E-state index in [1.165, 1.54) is 30.2 Å². The molecule has 1 aromatic heterocycles. The molecule has 0 saturated heterocycles. The highest BCUT2D eigenvalue weighted by atomic mass is 32.2. The van der Waals surface area contributed by atoms with Crippen LogP contribution in [0.25, 0.3) is 0 Å². The van der Waals surface area contributed by atoms with Crippen molar-refractivity contribution in [1.29, 1.82) is 0 Å². The molecule has 0 saturated carbocycles. The van der Waals surface area contributed by atoms with E-state index in [4.69, 9.17) is 4.42 Å². The van der Waals surface area contributed by atoms with Gasteiger partial charge in [0.25, 0.3) is 0 Å². The third-order valence-corrected chi connectivity index (χ3v) is 3.18. The highest BCUT2D eigenvalue weighted by molar-refractivity contribution is 7.99. The zero-order valence-corrected chi connectivity index (χ0v) is 9.28. The number of aliphatic hydroxyl groups is 1. The fourth-order valence-corrected chi connectivity index (χ4v) is 2.11. The van der Waals surface area contributed by atoms with Gasteiger partial charge in [-0.3, -0.25) is 0 Å². The van der Waals surface area contributed by atoms with E-state index in [-0.39, 0.29) is 5.82 Å². The van der Waals surface area contributed by atoms with E-state index in [9.17, 15) is 9.50 Å². The first kappa shape index (κ1) is 11.2. The molecule has 2 rings (SSSR count). The molecule has 1 aromatic carbocycles. The number of benzene rings is 1. The van der Waals surface area contributed by atoms with Gasteiger partial charge in [-0.15, -0.1) is 11.8 Å². The molecule has 0 spiro atoms. The van der Waals surface area contributed by atoms with Crippen LogP contribution in [0.15, 0.2) is 52.0 Å². The van der Waals surface area contributed by atoms with Gasteiger partial charge < -0.3 is 9.52 Å². The Morgan fingerprint density at radius 1 is 1.25 bits per heavy atom. The summed E-state index contributed by atoms with van der Waals surface area (Å²) in [6.45, 7) is 0. The standard InChI is InChI=1S/C12H11FO2S/c13-9-3-5-10(6-4-9)16-8-11(14)12-2-1-7-15-12/h1-7,11,14H,8H2. The molecular weight excluding hydrogens is 227 g/mol. The van der Waals surface area contributed by atoms with Gasteiger partial charge in [-0.1, -0.05) is 0 Å². The molecule has 0 amide bonds. The fourth-order valence-electron chi connectivity index (χ4n) is 1.27. The van der Waals surface area contributed by atoms with Crippen molar-refractivity contribution in [2.75, 3.05) is 5.75 Å². The summed E-state index contributed by atoms with van der Waals surface area (Å²) in [6, 6.07) is 9.66. The summed E-state index contributed by atoms with van der Waals surface area (Å²) in [7, 11) is 0. The normalized spacial score (nSPS) is 12.6. The molecule has 1 unspecified atom stereocenters. The monoisotopic (exact) mass is 238 g/mol. The third-order valence-electron chi connectivity index (χ3n) is 2.09. The van der Waals surface area contributed by atoms with Gasteiger partial charge in [-0.2, -0.15) is 0 Å². The first-order valence-corrected chi connectivity index (χ1v) is 5.84. The average Bonchev–Trinajstić information content (AvgIpc) is 2.81. The Bertz CT molecular complexity index is 425. The van der Waals surface area contributed by atoms with Crippen LogP contribution in [0, 0.1) is 5.82 Å². The van der Waals surface area contributed by atoms with Gasteiger partial charge >= 0.3 is 0 Å². The van der Waals surface area contributed by atoms with Crippen molar-refractivity contribution in [3.8, 4) is 0 Å². The molecular formula is C12H11FO2S. The van der Waals surface area contributed by atoms with Crippen molar-refractivity contribution in [3.63, 3.8) is 0 Å². The first-order chi connectivity index (χ1) is 7.75. The molecule has 0 aliphatic heterocycles. The molecule has 4 heteroatoms. The predicted octanol–water partition coefficient (Wildman–Crippen LogP) is 3.24. The van der Waals surface area contributed by atoms with E-state index in [0.29, 0.717) is 11.5 Å². The number of furan rings is 1. The van der Waals surface area contributed by atoms with Crippen LogP contribution in [0.2, 0.25) is 0 Å². The maximum Gasteiger partial charge on any atom is 0.133 e. The smallest absolute Gasteiger partial charge is 0.133 e. The van der Waals surface area contributed by atoms with E-state index in [0.717, 1.165) is 4.90 Å². The van der Waals surface area contributed by atoms with Crippen molar-refractivity contribution >= 4 is 11.8 Å². The summed E-state index contributed by atoms with van der Waals surface area (Å²) in [6.07, 6.45) is 0.895. The average molecular weight is 238 g/mol. The maximum absolute atomic E-state index is 12.6. The van der Waals surface area contributed by atoms with Gasteiger partial charge in [0, 0.05) is 10.6 Å². The summed E-state index contributed by atoms with van der Waals surface area (Å²) < 4.78 is 17.7. The lowest BCUT2D eigenvalue weighted by molar-refractivity contribution is 0.174. The number of halogens is 1. The second-order valence-corrected chi connectivity index (χ2v) is 4.39. The van der Waals surface area contributed by atoms with E-state index < -0.39 is 6.10 Å². The summed E-state index contributed by atoms with van der Waals surface area (Å²) in [5.41, 5.74) is 0. The number of hydrogen-bond donors (Lipinski definition) is 1. The van der Waals surface area contributed by atoms with Gasteiger partial charge in [0.1, 0.15) is 17.7 Å². The van der Waals surface area contributed by atoms with Gasteiger partial charge in [0.15, 0.2) is 0 Å². The summed E-state index contributed by atoms with van der Waals surface area (Å²) in [5.74, 6) is 0.782. The molecule has 2 nitrogen and oxygen atoms in total. The topological polar surface area (TPSA) is 33.4 Å². The summed E-state index contributed by atoms with van der Waals surface area (Å²) >= 11 is 1.46. The fraction of sp³-hybridized carbons (Fsp3) is 0.167. The molecule has 0 radical (unpaired) electrons. The predicted molar refractivity (Wildman–Crippen MR) is 60.8 cm³/mol. The Morgan fingerprint density at radius 3 is 2.62 bits per heavy atom.